The third-order valence-corrected chi connectivity index (χ3v) is 3.23. The Morgan fingerprint density at radius 2 is 1.78 bits per heavy atom. The normalized spacial score (nSPS) is 17.3. The lowest BCUT2D eigenvalue weighted by Crippen LogP contribution is -2.41. The molecule has 0 radical (unpaired) electrons. The van der Waals surface area contributed by atoms with Crippen LogP contribution in [0, 0.1) is 5.92 Å². The van der Waals surface area contributed by atoms with E-state index < -0.39 is 18.0 Å². The summed E-state index contributed by atoms with van der Waals surface area (Å²) in [5.41, 5.74) is 0. The molecule has 3 N–H and O–H groups in total. The molecule has 0 aromatic carbocycles. The monoisotopic (exact) mass is 257 g/mol. The van der Waals surface area contributed by atoms with Crippen molar-refractivity contribution < 1.29 is 24.6 Å². The van der Waals surface area contributed by atoms with E-state index in [9.17, 15) is 14.4 Å². The predicted octanol–water partition coefficient (Wildman–Crippen LogP) is 1.00. The lowest BCUT2D eigenvalue weighted by atomic mass is 10.0. The first kappa shape index (κ1) is 14.5. The molecule has 0 aromatic rings. The van der Waals surface area contributed by atoms with E-state index in [0.29, 0.717) is 12.3 Å². The summed E-state index contributed by atoms with van der Waals surface area (Å²) in [7, 11) is 0. The number of carbonyl (C=O) groups excluding carboxylic acids is 1. The van der Waals surface area contributed by atoms with Crippen LogP contribution in [0.5, 0.6) is 0 Å². The van der Waals surface area contributed by atoms with E-state index in [1.807, 2.05) is 0 Å². The van der Waals surface area contributed by atoms with Crippen LogP contribution >= 0.6 is 0 Å². The Bertz CT molecular complexity index is 322. The van der Waals surface area contributed by atoms with Crippen LogP contribution in [0.1, 0.15) is 44.9 Å². The maximum Gasteiger partial charge on any atom is 0.326 e. The molecule has 1 fully saturated rings. The fourth-order valence-electron chi connectivity index (χ4n) is 2.26. The second-order valence-electron chi connectivity index (χ2n) is 4.75. The second-order valence-corrected chi connectivity index (χ2v) is 4.75. The molecule has 0 unspecified atom stereocenters. The Balaban J connectivity index is 2.36. The Morgan fingerprint density at radius 3 is 2.28 bits per heavy atom. The summed E-state index contributed by atoms with van der Waals surface area (Å²) in [6, 6.07) is -1.10. The van der Waals surface area contributed by atoms with Gasteiger partial charge in [0.1, 0.15) is 6.04 Å². The second kappa shape index (κ2) is 6.98. The van der Waals surface area contributed by atoms with Crippen LogP contribution in [0.4, 0.5) is 0 Å². The van der Waals surface area contributed by atoms with Gasteiger partial charge in [0, 0.05) is 12.8 Å². The fourth-order valence-corrected chi connectivity index (χ4v) is 2.26. The minimum Gasteiger partial charge on any atom is -0.481 e. The number of hydrogen-bond acceptors (Lipinski definition) is 3. The first-order valence-corrected chi connectivity index (χ1v) is 6.23. The van der Waals surface area contributed by atoms with E-state index in [-0.39, 0.29) is 18.7 Å². The smallest absolute Gasteiger partial charge is 0.326 e. The molecule has 0 aromatic heterocycles. The van der Waals surface area contributed by atoms with Gasteiger partial charge in [-0.15, -0.1) is 0 Å². The Labute approximate surface area is 105 Å². The highest BCUT2D eigenvalue weighted by Gasteiger charge is 2.23. The largest absolute Gasteiger partial charge is 0.481 e. The summed E-state index contributed by atoms with van der Waals surface area (Å²) in [4.78, 5) is 32.9. The van der Waals surface area contributed by atoms with Crippen molar-refractivity contribution in [2.45, 2.75) is 51.0 Å². The van der Waals surface area contributed by atoms with E-state index in [4.69, 9.17) is 10.2 Å². The molecular formula is C12H19NO5. The van der Waals surface area contributed by atoms with Crippen molar-refractivity contribution in [1.82, 2.24) is 5.32 Å². The van der Waals surface area contributed by atoms with Gasteiger partial charge >= 0.3 is 11.9 Å². The van der Waals surface area contributed by atoms with Crippen molar-refractivity contribution in [3.8, 4) is 0 Å². The highest BCUT2D eigenvalue weighted by Crippen LogP contribution is 2.27. The van der Waals surface area contributed by atoms with Gasteiger partial charge in [0.05, 0.1) is 0 Å². The van der Waals surface area contributed by atoms with Crippen molar-refractivity contribution in [3.05, 3.63) is 0 Å². The molecule has 1 saturated carbocycles. The van der Waals surface area contributed by atoms with Gasteiger partial charge < -0.3 is 15.5 Å². The van der Waals surface area contributed by atoms with Crippen LogP contribution in [0.25, 0.3) is 0 Å². The molecule has 6 nitrogen and oxygen atoms in total. The van der Waals surface area contributed by atoms with Gasteiger partial charge in [-0.25, -0.2) is 4.79 Å². The quantitative estimate of drug-likeness (QED) is 0.631. The average Bonchev–Trinajstić information content (AvgIpc) is 2.76. The summed E-state index contributed by atoms with van der Waals surface area (Å²) < 4.78 is 0. The summed E-state index contributed by atoms with van der Waals surface area (Å²) in [5, 5.41) is 19.8. The molecule has 1 amide bonds. The summed E-state index contributed by atoms with van der Waals surface area (Å²) in [6.45, 7) is 0. The van der Waals surface area contributed by atoms with Gasteiger partial charge in [0.25, 0.3) is 0 Å². The van der Waals surface area contributed by atoms with Gasteiger partial charge in [-0.05, 0) is 25.2 Å². The Kier molecular flexibility index (Phi) is 5.61. The summed E-state index contributed by atoms with van der Waals surface area (Å²) in [6.07, 6.45) is 4.28. The maximum atomic E-state index is 11.6. The zero-order valence-corrected chi connectivity index (χ0v) is 10.2. The molecule has 0 bridgehead atoms. The van der Waals surface area contributed by atoms with Crippen LogP contribution < -0.4 is 5.32 Å². The Morgan fingerprint density at radius 1 is 1.17 bits per heavy atom. The highest BCUT2D eigenvalue weighted by molar-refractivity contribution is 5.84. The van der Waals surface area contributed by atoms with E-state index in [1.165, 1.54) is 0 Å². The Hall–Kier alpha value is -1.59. The molecule has 1 rings (SSSR count). The first-order valence-electron chi connectivity index (χ1n) is 6.23. The average molecular weight is 257 g/mol. The van der Waals surface area contributed by atoms with Gasteiger partial charge in [-0.1, -0.05) is 12.8 Å². The number of hydrogen-bond donors (Lipinski definition) is 3. The molecule has 1 atom stereocenters. The van der Waals surface area contributed by atoms with E-state index in [2.05, 4.69) is 5.32 Å². The molecule has 18 heavy (non-hydrogen) atoms. The standard InChI is InChI=1S/C12H19NO5/c14-10(7-8-3-1-2-4-8)13-9(12(17)18)5-6-11(15)16/h8-9H,1-7H2,(H,13,14)(H,15,16)(H,17,18)/t9-/m1/s1. The molecule has 0 saturated heterocycles. The van der Waals surface area contributed by atoms with Crippen LogP contribution in [-0.4, -0.2) is 34.1 Å². The molecule has 1 aliphatic carbocycles. The summed E-state index contributed by atoms with van der Waals surface area (Å²) >= 11 is 0. The number of carboxylic acids is 2. The number of carboxylic acid groups (broad SMARTS) is 2. The molecule has 0 aliphatic heterocycles. The minimum atomic E-state index is -1.18. The third kappa shape index (κ3) is 5.16. The first-order chi connectivity index (χ1) is 8.49. The highest BCUT2D eigenvalue weighted by atomic mass is 16.4. The van der Waals surface area contributed by atoms with Crippen LogP contribution in [0.2, 0.25) is 0 Å². The van der Waals surface area contributed by atoms with Crippen LogP contribution in [0.15, 0.2) is 0 Å². The third-order valence-electron chi connectivity index (χ3n) is 3.23. The number of nitrogens with one attached hydrogen (secondary N) is 1. The maximum absolute atomic E-state index is 11.6. The zero-order valence-electron chi connectivity index (χ0n) is 10.2. The number of rotatable bonds is 7. The number of amides is 1. The molecule has 1 aliphatic rings. The van der Waals surface area contributed by atoms with Crippen LogP contribution in [0.3, 0.4) is 0 Å². The van der Waals surface area contributed by atoms with Crippen molar-refractivity contribution >= 4 is 17.8 Å². The topological polar surface area (TPSA) is 104 Å². The molecule has 0 spiro atoms. The lowest BCUT2D eigenvalue weighted by Gasteiger charge is -2.15. The van der Waals surface area contributed by atoms with Crippen molar-refractivity contribution in [1.29, 1.82) is 0 Å². The molecular weight excluding hydrogens is 238 g/mol. The molecule has 102 valence electrons. The summed E-state index contributed by atoms with van der Waals surface area (Å²) in [5.74, 6) is -2.19. The van der Waals surface area contributed by atoms with Crippen molar-refractivity contribution in [2.75, 3.05) is 0 Å². The van der Waals surface area contributed by atoms with E-state index in [0.717, 1.165) is 25.7 Å². The van der Waals surface area contributed by atoms with Crippen molar-refractivity contribution in [3.63, 3.8) is 0 Å². The predicted molar refractivity (Wildman–Crippen MR) is 63.0 cm³/mol. The molecule has 6 heteroatoms. The zero-order chi connectivity index (χ0) is 13.5. The molecule has 0 heterocycles. The van der Waals surface area contributed by atoms with Gasteiger partial charge in [-0.2, -0.15) is 0 Å². The number of carbonyl (C=O) groups is 3. The van der Waals surface area contributed by atoms with E-state index in [1.54, 1.807) is 0 Å². The van der Waals surface area contributed by atoms with Crippen LogP contribution in [-0.2, 0) is 14.4 Å². The van der Waals surface area contributed by atoms with Gasteiger partial charge in [-0.3, -0.25) is 9.59 Å². The van der Waals surface area contributed by atoms with Gasteiger partial charge in [0.2, 0.25) is 5.91 Å². The number of aliphatic carboxylic acids is 2. The fraction of sp³-hybridized carbons (Fsp3) is 0.750. The van der Waals surface area contributed by atoms with Gasteiger partial charge in [0.15, 0.2) is 0 Å². The van der Waals surface area contributed by atoms with Crippen molar-refractivity contribution in [2.24, 2.45) is 5.92 Å². The lowest BCUT2D eigenvalue weighted by molar-refractivity contribution is -0.143. The van der Waals surface area contributed by atoms with E-state index >= 15 is 0 Å². The SMILES string of the molecule is O=C(O)CC[C@@H](NC(=O)CC1CCCC1)C(=O)O. The minimum absolute atomic E-state index is 0.0823.